The lowest BCUT2D eigenvalue weighted by molar-refractivity contribution is -0.167. The van der Waals surface area contributed by atoms with Crippen LogP contribution in [0.4, 0.5) is 0 Å². The molecule has 0 aliphatic carbocycles. The number of hydrogen-bond acceptors (Lipinski definition) is 6. The average molecular weight is 1040 g/mol. The second-order valence-electron chi connectivity index (χ2n) is 20.6. The van der Waals surface area contributed by atoms with Crippen LogP contribution >= 0.6 is 0 Å². The van der Waals surface area contributed by atoms with Gasteiger partial charge in [0.25, 0.3) is 0 Å². The van der Waals surface area contributed by atoms with Crippen molar-refractivity contribution in [3.05, 3.63) is 109 Å². The molecule has 428 valence electrons. The highest BCUT2D eigenvalue weighted by atomic mass is 16.6. The molecule has 0 radical (unpaired) electrons. The third-order valence-corrected chi connectivity index (χ3v) is 13.3. The predicted molar refractivity (Wildman–Crippen MR) is 325 cm³/mol. The molecule has 0 amide bonds. The molecule has 0 aromatic carbocycles. The van der Waals surface area contributed by atoms with Crippen LogP contribution in [0.25, 0.3) is 0 Å². The summed E-state index contributed by atoms with van der Waals surface area (Å²) in [4.78, 5) is 38.2. The van der Waals surface area contributed by atoms with E-state index in [1.54, 1.807) is 0 Å². The standard InChI is InChI=1S/C69H116O6/c1-4-7-10-13-16-19-22-25-27-28-29-30-31-32-33-34-35-36-37-38-39-40-41-42-43-45-47-50-53-56-59-62-68(71)74-65-66(64-73-67(70)61-58-55-52-49-46-24-21-18-15-12-9-6-3)75-69(72)63-60-57-54-51-48-44-26-23-20-17-14-11-8-5-2/h7,10,16,18-19,21,25,27,29-30,32-33,35-36,38-39,41-42,66H,4-6,8-9,11-15,17,20,22-24,26,28,31,34,37,40,43-65H2,1-3H3/b10-7-,19-16-,21-18-,27-25-,30-29-,33-32-,36-35-,39-38-,42-41-. The zero-order valence-electron chi connectivity index (χ0n) is 49.0. The molecule has 0 bridgehead atoms. The zero-order valence-corrected chi connectivity index (χ0v) is 49.0. The van der Waals surface area contributed by atoms with Gasteiger partial charge in [0, 0.05) is 19.3 Å². The van der Waals surface area contributed by atoms with Crippen LogP contribution in [0.3, 0.4) is 0 Å². The fourth-order valence-corrected chi connectivity index (χ4v) is 8.57. The summed E-state index contributed by atoms with van der Waals surface area (Å²) in [5, 5.41) is 0. The van der Waals surface area contributed by atoms with Crippen molar-refractivity contribution in [1.29, 1.82) is 0 Å². The van der Waals surface area contributed by atoms with Crippen LogP contribution in [0.1, 0.15) is 290 Å². The van der Waals surface area contributed by atoms with Crippen molar-refractivity contribution in [2.24, 2.45) is 0 Å². The number of carbonyl (C=O) groups excluding carboxylic acids is 3. The van der Waals surface area contributed by atoms with Gasteiger partial charge < -0.3 is 14.2 Å². The number of carbonyl (C=O) groups is 3. The normalized spacial score (nSPS) is 12.8. The van der Waals surface area contributed by atoms with Crippen molar-refractivity contribution in [1.82, 2.24) is 0 Å². The SMILES string of the molecule is CC/C=C\C/C=C\C/C=C\C/C=C\C/C=C\C/C=C\C/C=C\C/C=C\CCCCCCCCC(=O)OCC(COC(=O)CCCCCCC/C=C\CCCCC)OC(=O)CCCCCCCCCCCCCCCC. The van der Waals surface area contributed by atoms with Gasteiger partial charge in [-0.2, -0.15) is 0 Å². The molecule has 0 saturated heterocycles. The van der Waals surface area contributed by atoms with Gasteiger partial charge in [0.15, 0.2) is 6.10 Å². The van der Waals surface area contributed by atoms with Crippen LogP contribution in [0, 0.1) is 0 Å². The van der Waals surface area contributed by atoms with Gasteiger partial charge in [-0.05, 0) is 109 Å². The van der Waals surface area contributed by atoms with Crippen molar-refractivity contribution < 1.29 is 28.6 Å². The van der Waals surface area contributed by atoms with E-state index in [1.165, 1.54) is 122 Å². The predicted octanol–water partition coefficient (Wildman–Crippen LogP) is 21.4. The van der Waals surface area contributed by atoms with Crippen molar-refractivity contribution in [3.8, 4) is 0 Å². The minimum atomic E-state index is -0.787. The Morgan fingerprint density at radius 2 is 0.520 bits per heavy atom. The Morgan fingerprint density at radius 1 is 0.280 bits per heavy atom. The summed E-state index contributed by atoms with van der Waals surface area (Å²) < 4.78 is 16.9. The maximum absolute atomic E-state index is 12.9. The molecule has 0 saturated carbocycles. The summed E-state index contributed by atoms with van der Waals surface area (Å²) in [6.07, 6.45) is 85.2. The summed E-state index contributed by atoms with van der Waals surface area (Å²) >= 11 is 0. The average Bonchev–Trinajstić information content (AvgIpc) is 3.41. The van der Waals surface area contributed by atoms with Gasteiger partial charge in [-0.3, -0.25) is 14.4 Å². The van der Waals surface area contributed by atoms with Gasteiger partial charge in [-0.15, -0.1) is 0 Å². The topological polar surface area (TPSA) is 78.9 Å². The molecule has 0 N–H and O–H groups in total. The van der Waals surface area contributed by atoms with Gasteiger partial charge in [0.2, 0.25) is 0 Å². The van der Waals surface area contributed by atoms with Gasteiger partial charge in [-0.1, -0.05) is 271 Å². The first-order valence-corrected chi connectivity index (χ1v) is 31.4. The number of rotatable bonds is 56. The summed E-state index contributed by atoms with van der Waals surface area (Å²) in [6.45, 7) is 6.50. The largest absolute Gasteiger partial charge is 0.462 e. The molecule has 0 spiro atoms. The fourth-order valence-electron chi connectivity index (χ4n) is 8.57. The molecule has 6 heteroatoms. The molecule has 0 rings (SSSR count). The quantitative estimate of drug-likeness (QED) is 0.0261. The molecule has 0 fully saturated rings. The molecule has 1 unspecified atom stereocenters. The molecule has 6 nitrogen and oxygen atoms in total. The highest BCUT2D eigenvalue weighted by Gasteiger charge is 2.19. The monoisotopic (exact) mass is 1040 g/mol. The van der Waals surface area contributed by atoms with Crippen LogP contribution in [-0.4, -0.2) is 37.2 Å². The number of allylic oxidation sites excluding steroid dienone is 18. The molecule has 0 aromatic rings. The number of hydrogen-bond donors (Lipinski definition) is 0. The Bertz CT molecular complexity index is 1520. The molecule has 0 aliphatic rings. The molecule has 0 heterocycles. The molecule has 0 aliphatic heterocycles. The second-order valence-corrected chi connectivity index (χ2v) is 20.6. The smallest absolute Gasteiger partial charge is 0.306 e. The fraction of sp³-hybridized carbons (Fsp3) is 0.696. The Balaban J connectivity index is 4.28. The van der Waals surface area contributed by atoms with E-state index in [-0.39, 0.29) is 31.1 Å². The Hall–Kier alpha value is -3.93. The molecule has 75 heavy (non-hydrogen) atoms. The van der Waals surface area contributed by atoms with Crippen molar-refractivity contribution in [3.63, 3.8) is 0 Å². The van der Waals surface area contributed by atoms with Crippen molar-refractivity contribution in [2.75, 3.05) is 13.2 Å². The highest BCUT2D eigenvalue weighted by Crippen LogP contribution is 2.16. The highest BCUT2D eigenvalue weighted by molar-refractivity contribution is 5.71. The van der Waals surface area contributed by atoms with Crippen molar-refractivity contribution in [2.45, 2.75) is 297 Å². The Morgan fingerprint density at radius 3 is 0.853 bits per heavy atom. The number of unbranched alkanes of at least 4 members (excludes halogenated alkanes) is 27. The first kappa shape index (κ1) is 71.1. The van der Waals surface area contributed by atoms with Crippen molar-refractivity contribution >= 4 is 17.9 Å². The number of esters is 3. The van der Waals surface area contributed by atoms with Crippen LogP contribution < -0.4 is 0 Å². The lowest BCUT2D eigenvalue weighted by Crippen LogP contribution is -2.30. The van der Waals surface area contributed by atoms with E-state index in [0.717, 1.165) is 128 Å². The summed E-state index contributed by atoms with van der Waals surface area (Å²) in [5.41, 5.74) is 0. The summed E-state index contributed by atoms with van der Waals surface area (Å²) in [5.74, 6) is -0.902. The lowest BCUT2D eigenvalue weighted by atomic mass is 10.0. The molecule has 1 atom stereocenters. The minimum absolute atomic E-state index is 0.0852. The molecular formula is C69H116O6. The first-order valence-electron chi connectivity index (χ1n) is 31.4. The maximum atomic E-state index is 12.9. The Labute approximate surface area is 463 Å². The zero-order chi connectivity index (χ0) is 54.3. The van der Waals surface area contributed by atoms with Crippen LogP contribution in [-0.2, 0) is 28.6 Å². The van der Waals surface area contributed by atoms with Crippen LogP contribution in [0.5, 0.6) is 0 Å². The maximum Gasteiger partial charge on any atom is 0.306 e. The van der Waals surface area contributed by atoms with E-state index < -0.39 is 6.10 Å². The Kier molecular flexibility index (Phi) is 59.3. The van der Waals surface area contributed by atoms with E-state index in [4.69, 9.17) is 14.2 Å². The van der Waals surface area contributed by atoms with E-state index >= 15 is 0 Å². The van der Waals surface area contributed by atoms with Gasteiger partial charge >= 0.3 is 17.9 Å². The van der Waals surface area contributed by atoms with Crippen LogP contribution in [0.2, 0.25) is 0 Å². The third-order valence-electron chi connectivity index (χ3n) is 13.3. The van der Waals surface area contributed by atoms with E-state index in [1.807, 2.05) is 0 Å². The lowest BCUT2D eigenvalue weighted by Gasteiger charge is -2.18. The minimum Gasteiger partial charge on any atom is -0.462 e. The van der Waals surface area contributed by atoms with E-state index in [0.29, 0.717) is 19.3 Å². The van der Waals surface area contributed by atoms with Crippen LogP contribution in [0.15, 0.2) is 109 Å². The number of ether oxygens (including phenoxy) is 3. The van der Waals surface area contributed by atoms with E-state index in [2.05, 4.69) is 130 Å². The van der Waals surface area contributed by atoms with Gasteiger partial charge in [0.05, 0.1) is 0 Å². The molecular weight excluding hydrogens is 925 g/mol. The second kappa shape index (κ2) is 62.6. The van der Waals surface area contributed by atoms with Gasteiger partial charge in [0.1, 0.15) is 13.2 Å². The summed E-state index contributed by atoms with van der Waals surface area (Å²) in [7, 11) is 0. The molecule has 0 aromatic heterocycles. The van der Waals surface area contributed by atoms with Gasteiger partial charge in [-0.25, -0.2) is 0 Å². The summed E-state index contributed by atoms with van der Waals surface area (Å²) in [6, 6.07) is 0. The third kappa shape index (κ3) is 60.8. The van der Waals surface area contributed by atoms with E-state index in [9.17, 15) is 14.4 Å². The first-order chi connectivity index (χ1) is 37.0.